The molecule has 1 amide bonds. The Morgan fingerprint density at radius 3 is 2.80 bits per heavy atom. The van der Waals surface area contributed by atoms with Gasteiger partial charge in [-0.1, -0.05) is 0 Å². The van der Waals surface area contributed by atoms with Gasteiger partial charge in [-0.15, -0.1) is 0 Å². The molecule has 2 heterocycles. The summed E-state index contributed by atoms with van der Waals surface area (Å²) in [6, 6.07) is 3.36. The highest BCUT2D eigenvalue weighted by molar-refractivity contribution is 6.02. The highest BCUT2D eigenvalue weighted by Crippen LogP contribution is 2.12. The maximum absolute atomic E-state index is 12.0. The first-order chi connectivity index (χ1) is 9.72. The van der Waals surface area contributed by atoms with Crippen molar-refractivity contribution in [3.05, 3.63) is 36.4 Å². The fourth-order valence-corrected chi connectivity index (χ4v) is 1.51. The molecule has 2 aromatic rings. The van der Waals surface area contributed by atoms with Gasteiger partial charge in [-0.05, 0) is 13.0 Å². The lowest BCUT2D eigenvalue weighted by molar-refractivity contribution is 0.102. The summed E-state index contributed by atoms with van der Waals surface area (Å²) in [6.07, 6.45) is 4.49. The average Bonchev–Trinajstić information content (AvgIpc) is 2.48. The van der Waals surface area contributed by atoms with Gasteiger partial charge in [-0.2, -0.15) is 0 Å². The van der Waals surface area contributed by atoms with E-state index in [4.69, 9.17) is 4.74 Å². The first kappa shape index (κ1) is 13.7. The van der Waals surface area contributed by atoms with Gasteiger partial charge in [0.05, 0.1) is 31.4 Å². The van der Waals surface area contributed by atoms with E-state index in [9.17, 15) is 4.79 Å². The summed E-state index contributed by atoms with van der Waals surface area (Å²) < 4.78 is 4.95. The van der Waals surface area contributed by atoms with Gasteiger partial charge >= 0.3 is 0 Å². The fraction of sp³-hybridized carbons (Fsp3) is 0.231. The molecule has 0 aliphatic rings. The highest BCUT2D eigenvalue weighted by Gasteiger charge is 2.09. The number of pyridine rings is 1. The topological polar surface area (TPSA) is 89.0 Å². The SMILES string of the molecule is CCNc1cncc(C(=O)Nc2ccc(OC)nc2)n1. The van der Waals surface area contributed by atoms with Crippen LogP contribution in [-0.4, -0.2) is 34.5 Å². The van der Waals surface area contributed by atoms with Gasteiger partial charge in [0.15, 0.2) is 0 Å². The summed E-state index contributed by atoms with van der Waals surface area (Å²) >= 11 is 0. The molecular formula is C13H15N5O2. The second-order valence-electron chi connectivity index (χ2n) is 3.86. The lowest BCUT2D eigenvalue weighted by Gasteiger charge is -2.06. The molecule has 0 spiro atoms. The van der Waals surface area contributed by atoms with Gasteiger partial charge in [0, 0.05) is 12.6 Å². The van der Waals surface area contributed by atoms with Crippen LogP contribution >= 0.6 is 0 Å². The van der Waals surface area contributed by atoms with Crippen molar-refractivity contribution in [3.63, 3.8) is 0 Å². The Labute approximate surface area is 116 Å². The number of methoxy groups -OCH3 is 1. The van der Waals surface area contributed by atoms with Crippen LogP contribution in [0.15, 0.2) is 30.7 Å². The number of rotatable bonds is 5. The van der Waals surface area contributed by atoms with Crippen LogP contribution in [0.5, 0.6) is 5.88 Å². The number of nitrogens with one attached hydrogen (secondary N) is 2. The van der Waals surface area contributed by atoms with E-state index < -0.39 is 0 Å². The Morgan fingerprint density at radius 1 is 1.30 bits per heavy atom. The molecule has 0 radical (unpaired) electrons. The molecule has 20 heavy (non-hydrogen) atoms. The van der Waals surface area contributed by atoms with Gasteiger partial charge in [-0.25, -0.2) is 9.97 Å². The van der Waals surface area contributed by atoms with Crippen molar-refractivity contribution < 1.29 is 9.53 Å². The van der Waals surface area contributed by atoms with E-state index in [2.05, 4.69) is 25.6 Å². The van der Waals surface area contributed by atoms with E-state index in [1.165, 1.54) is 19.5 Å². The number of hydrogen-bond acceptors (Lipinski definition) is 6. The Balaban J connectivity index is 2.08. The van der Waals surface area contributed by atoms with Crippen LogP contribution in [0.2, 0.25) is 0 Å². The molecule has 2 aromatic heterocycles. The monoisotopic (exact) mass is 273 g/mol. The summed E-state index contributed by atoms with van der Waals surface area (Å²) in [6.45, 7) is 2.65. The number of aromatic nitrogens is 3. The van der Waals surface area contributed by atoms with Gasteiger partial charge in [-0.3, -0.25) is 9.78 Å². The zero-order chi connectivity index (χ0) is 14.4. The molecule has 7 heteroatoms. The zero-order valence-corrected chi connectivity index (χ0v) is 11.3. The summed E-state index contributed by atoms with van der Waals surface area (Å²) in [7, 11) is 1.53. The number of anilines is 2. The maximum atomic E-state index is 12.0. The number of nitrogens with zero attached hydrogens (tertiary/aromatic N) is 3. The minimum absolute atomic E-state index is 0.235. The lowest BCUT2D eigenvalue weighted by atomic mass is 10.3. The van der Waals surface area contributed by atoms with Crippen LogP contribution in [0.4, 0.5) is 11.5 Å². The quantitative estimate of drug-likeness (QED) is 0.859. The summed E-state index contributed by atoms with van der Waals surface area (Å²) in [4.78, 5) is 24.2. The molecule has 0 saturated carbocycles. The van der Waals surface area contributed by atoms with Crippen molar-refractivity contribution in [1.82, 2.24) is 15.0 Å². The standard InChI is InChI=1S/C13H15N5O2/c1-3-15-11-8-14-7-10(18-11)13(19)17-9-4-5-12(20-2)16-6-9/h4-8H,3H2,1-2H3,(H,15,18)(H,17,19). The first-order valence-corrected chi connectivity index (χ1v) is 6.10. The van der Waals surface area contributed by atoms with Crippen molar-refractivity contribution in [2.75, 3.05) is 24.3 Å². The maximum Gasteiger partial charge on any atom is 0.275 e. The smallest absolute Gasteiger partial charge is 0.275 e. The van der Waals surface area contributed by atoms with E-state index in [0.29, 0.717) is 23.9 Å². The number of carbonyl (C=O) groups is 1. The molecule has 0 fully saturated rings. The van der Waals surface area contributed by atoms with Crippen molar-refractivity contribution in [3.8, 4) is 5.88 Å². The second kappa shape index (κ2) is 6.46. The molecule has 0 saturated heterocycles. The van der Waals surface area contributed by atoms with E-state index in [-0.39, 0.29) is 11.6 Å². The van der Waals surface area contributed by atoms with Crippen LogP contribution in [0, 0.1) is 0 Å². The molecule has 104 valence electrons. The van der Waals surface area contributed by atoms with Crippen molar-refractivity contribution in [1.29, 1.82) is 0 Å². The van der Waals surface area contributed by atoms with Crippen LogP contribution in [0.1, 0.15) is 17.4 Å². The van der Waals surface area contributed by atoms with Crippen molar-refractivity contribution in [2.45, 2.75) is 6.92 Å². The minimum atomic E-state index is -0.343. The van der Waals surface area contributed by atoms with E-state index in [1.807, 2.05) is 6.92 Å². The van der Waals surface area contributed by atoms with E-state index in [0.717, 1.165) is 0 Å². The summed E-state index contributed by atoms with van der Waals surface area (Å²) in [5.41, 5.74) is 0.797. The molecule has 2 rings (SSSR count). The molecule has 0 atom stereocenters. The normalized spacial score (nSPS) is 9.90. The largest absolute Gasteiger partial charge is 0.481 e. The third-order valence-electron chi connectivity index (χ3n) is 2.43. The van der Waals surface area contributed by atoms with E-state index in [1.54, 1.807) is 18.3 Å². The van der Waals surface area contributed by atoms with Crippen molar-refractivity contribution in [2.24, 2.45) is 0 Å². The summed E-state index contributed by atoms with van der Waals surface area (Å²) in [5.74, 6) is 0.703. The third kappa shape index (κ3) is 3.41. The van der Waals surface area contributed by atoms with Crippen molar-refractivity contribution >= 4 is 17.4 Å². The molecule has 0 bridgehead atoms. The molecule has 0 unspecified atom stereocenters. The number of hydrogen-bond donors (Lipinski definition) is 2. The van der Waals surface area contributed by atoms with Crippen LogP contribution in [0.25, 0.3) is 0 Å². The Hall–Kier alpha value is -2.70. The molecule has 0 aromatic carbocycles. The second-order valence-corrected chi connectivity index (χ2v) is 3.86. The summed E-state index contributed by atoms with van der Waals surface area (Å²) in [5, 5.41) is 5.69. The van der Waals surface area contributed by atoms with Gasteiger partial charge in [0.1, 0.15) is 11.5 Å². The molecule has 0 aliphatic carbocycles. The fourth-order valence-electron chi connectivity index (χ4n) is 1.51. The first-order valence-electron chi connectivity index (χ1n) is 6.10. The molecule has 0 aliphatic heterocycles. The predicted molar refractivity (Wildman–Crippen MR) is 74.9 cm³/mol. The highest BCUT2D eigenvalue weighted by atomic mass is 16.5. The predicted octanol–water partition coefficient (Wildman–Crippen LogP) is 1.56. The van der Waals surface area contributed by atoms with Gasteiger partial charge in [0.2, 0.25) is 5.88 Å². The Bertz CT molecular complexity index is 586. The zero-order valence-electron chi connectivity index (χ0n) is 11.3. The van der Waals surface area contributed by atoms with Gasteiger partial charge < -0.3 is 15.4 Å². The molecular weight excluding hydrogens is 258 g/mol. The Morgan fingerprint density at radius 2 is 2.15 bits per heavy atom. The van der Waals surface area contributed by atoms with Crippen LogP contribution in [-0.2, 0) is 0 Å². The van der Waals surface area contributed by atoms with Crippen LogP contribution in [0.3, 0.4) is 0 Å². The Kier molecular flexibility index (Phi) is 4.43. The van der Waals surface area contributed by atoms with Gasteiger partial charge in [0.25, 0.3) is 5.91 Å². The molecule has 2 N–H and O–H groups in total. The number of carbonyl (C=O) groups excluding carboxylic acids is 1. The molecule has 7 nitrogen and oxygen atoms in total. The van der Waals surface area contributed by atoms with E-state index >= 15 is 0 Å². The minimum Gasteiger partial charge on any atom is -0.481 e. The lowest BCUT2D eigenvalue weighted by Crippen LogP contribution is -2.15. The average molecular weight is 273 g/mol. The third-order valence-corrected chi connectivity index (χ3v) is 2.43. The van der Waals surface area contributed by atoms with Crippen LogP contribution < -0.4 is 15.4 Å². The number of ether oxygens (including phenoxy) is 1. The number of amides is 1.